The third-order valence-electron chi connectivity index (χ3n) is 4.29. The second-order valence-corrected chi connectivity index (χ2v) is 7.64. The number of para-hydroxylation sites is 1. The van der Waals surface area contributed by atoms with Gasteiger partial charge in [-0.2, -0.15) is 0 Å². The van der Waals surface area contributed by atoms with E-state index in [-0.39, 0.29) is 11.8 Å². The maximum Gasteiger partial charge on any atom is 0.323 e. The maximum atomic E-state index is 13.3. The molecule has 0 spiro atoms. The lowest BCUT2D eigenvalue weighted by atomic mass is 10.1. The summed E-state index contributed by atoms with van der Waals surface area (Å²) in [5.74, 6) is -0.272. The first kappa shape index (κ1) is 18.8. The Hall–Kier alpha value is -3.51. The number of hydrogen-bond acceptors (Lipinski definition) is 3. The molecule has 0 saturated heterocycles. The first-order valence-electron chi connectivity index (χ1n) is 9.05. The summed E-state index contributed by atoms with van der Waals surface area (Å²) in [6.45, 7) is 1.95. The van der Waals surface area contributed by atoms with Crippen LogP contribution in [0, 0.1) is 12.7 Å². The largest absolute Gasteiger partial charge is 0.323 e. The van der Waals surface area contributed by atoms with E-state index >= 15 is 0 Å². The van der Waals surface area contributed by atoms with Crippen molar-refractivity contribution in [2.75, 3.05) is 10.6 Å². The number of aryl methyl sites for hydroxylation is 1. The van der Waals surface area contributed by atoms with Crippen molar-refractivity contribution in [3.05, 3.63) is 89.7 Å². The first-order chi connectivity index (χ1) is 14.1. The summed E-state index contributed by atoms with van der Waals surface area (Å²) >= 11 is 1.58. The molecule has 144 valence electrons. The van der Waals surface area contributed by atoms with Gasteiger partial charge in [0.15, 0.2) is 0 Å². The molecular weight excluding hydrogens is 385 g/mol. The fourth-order valence-electron chi connectivity index (χ4n) is 2.95. The number of amides is 2. The van der Waals surface area contributed by atoms with E-state index in [0.29, 0.717) is 5.69 Å². The molecule has 0 fully saturated rings. The number of halogens is 1. The van der Waals surface area contributed by atoms with E-state index in [2.05, 4.69) is 15.6 Å². The van der Waals surface area contributed by atoms with Gasteiger partial charge in [-0.1, -0.05) is 30.3 Å². The molecule has 29 heavy (non-hydrogen) atoms. The number of rotatable bonds is 4. The molecule has 0 bridgehead atoms. The van der Waals surface area contributed by atoms with Gasteiger partial charge in [0.2, 0.25) is 0 Å². The zero-order chi connectivity index (χ0) is 20.2. The Morgan fingerprint density at radius 2 is 1.41 bits per heavy atom. The van der Waals surface area contributed by atoms with Crippen molar-refractivity contribution in [1.82, 2.24) is 4.98 Å². The third-order valence-corrected chi connectivity index (χ3v) is 5.31. The molecule has 0 aliphatic heterocycles. The molecule has 2 N–H and O–H groups in total. The fourth-order valence-corrected chi connectivity index (χ4v) is 3.89. The number of thiazole rings is 1. The monoisotopic (exact) mass is 403 g/mol. The van der Waals surface area contributed by atoms with Gasteiger partial charge in [0.25, 0.3) is 0 Å². The summed E-state index contributed by atoms with van der Waals surface area (Å²) in [7, 11) is 0. The van der Waals surface area contributed by atoms with Crippen molar-refractivity contribution in [2.24, 2.45) is 0 Å². The lowest BCUT2D eigenvalue weighted by molar-refractivity contribution is 0.262. The van der Waals surface area contributed by atoms with Crippen LogP contribution in [0.1, 0.15) is 5.01 Å². The number of carbonyl (C=O) groups is 1. The Balaban J connectivity index is 1.52. The molecule has 4 nitrogen and oxygen atoms in total. The first-order valence-corrected chi connectivity index (χ1v) is 9.87. The average Bonchev–Trinajstić information content (AvgIpc) is 3.11. The van der Waals surface area contributed by atoms with Gasteiger partial charge in [0.05, 0.1) is 15.6 Å². The standard InChI is InChI=1S/C23H18FN3OS/c1-15-25-21(16-7-11-18(24)12-8-16)22(29-15)17-9-13-20(14-10-17)27-23(28)26-19-5-3-2-4-6-19/h2-14H,1H3,(H2,26,27,28). The molecule has 0 saturated carbocycles. The SMILES string of the molecule is Cc1nc(-c2ccc(F)cc2)c(-c2ccc(NC(=O)Nc3ccccc3)cc2)s1. The zero-order valence-electron chi connectivity index (χ0n) is 15.6. The number of hydrogen-bond donors (Lipinski definition) is 2. The summed E-state index contributed by atoms with van der Waals surface area (Å²) in [5, 5.41) is 6.54. The summed E-state index contributed by atoms with van der Waals surface area (Å²) in [6.07, 6.45) is 0. The van der Waals surface area contributed by atoms with Gasteiger partial charge in [0.1, 0.15) is 5.82 Å². The number of benzene rings is 3. The van der Waals surface area contributed by atoms with Crippen LogP contribution in [0.2, 0.25) is 0 Å². The van der Waals surface area contributed by atoms with Crippen molar-refractivity contribution >= 4 is 28.7 Å². The topological polar surface area (TPSA) is 54.0 Å². The molecule has 0 unspecified atom stereocenters. The zero-order valence-corrected chi connectivity index (χ0v) is 16.5. The Bertz CT molecular complexity index is 1120. The Kier molecular flexibility index (Phi) is 5.35. The second kappa shape index (κ2) is 8.24. The molecule has 1 heterocycles. The van der Waals surface area contributed by atoms with Gasteiger partial charge < -0.3 is 10.6 Å². The van der Waals surface area contributed by atoms with Crippen LogP contribution >= 0.6 is 11.3 Å². The number of nitrogens with zero attached hydrogens (tertiary/aromatic N) is 1. The molecule has 0 atom stereocenters. The molecule has 4 aromatic rings. The van der Waals surface area contributed by atoms with Gasteiger partial charge in [0, 0.05) is 16.9 Å². The van der Waals surface area contributed by atoms with Crippen LogP contribution in [-0.4, -0.2) is 11.0 Å². The van der Waals surface area contributed by atoms with E-state index in [1.807, 2.05) is 61.5 Å². The molecular formula is C23H18FN3OS. The van der Waals surface area contributed by atoms with Crippen LogP contribution in [-0.2, 0) is 0 Å². The summed E-state index contributed by atoms with van der Waals surface area (Å²) in [5.41, 5.74) is 4.10. The van der Waals surface area contributed by atoms with E-state index in [4.69, 9.17) is 0 Å². The van der Waals surface area contributed by atoms with Crippen molar-refractivity contribution < 1.29 is 9.18 Å². The lowest BCUT2D eigenvalue weighted by Crippen LogP contribution is -2.19. The van der Waals surface area contributed by atoms with E-state index in [1.54, 1.807) is 23.5 Å². The van der Waals surface area contributed by atoms with Crippen molar-refractivity contribution in [3.8, 4) is 21.7 Å². The van der Waals surface area contributed by atoms with Crippen LogP contribution in [0.4, 0.5) is 20.6 Å². The Morgan fingerprint density at radius 1 is 0.828 bits per heavy atom. The van der Waals surface area contributed by atoms with Gasteiger partial charge >= 0.3 is 6.03 Å². The lowest BCUT2D eigenvalue weighted by Gasteiger charge is -2.08. The minimum Gasteiger partial charge on any atom is -0.308 e. The number of anilines is 2. The highest BCUT2D eigenvalue weighted by atomic mass is 32.1. The predicted octanol–water partition coefficient (Wildman–Crippen LogP) is 6.57. The Morgan fingerprint density at radius 3 is 2.07 bits per heavy atom. The maximum absolute atomic E-state index is 13.3. The van der Waals surface area contributed by atoms with Crippen LogP contribution in [0.25, 0.3) is 21.7 Å². The number of aromatic nitrogens is 1. The second-order valence-electron chi connectivity index (χ2n) is 6.44. The molecule has 1 aromatic heterocycles. The van der Waals surface area contributed by atoms with E-state index in [0.717, 1.165) is 32.4 Å². The molecule has 6 heteroatoms. The normalized spacial score (nSPS) is 10.6. The van der Waals surface area contributed by atoms with Crippen LogP contribution < -0.4 is 10.6 Å². The number of carbonyl (C=O) groups excluding carboxylic acids is 1. The highest BCUT2D eigenvalue weighted by Gasteiger charge is 2.13. The predicted molar refractivity (Wildman–Crippen MR) is 117 cm³/mol. The summed E-state index contributed by atoms with van der Waals surface area (Å²) in [6, 6.07) is 22.9. The van der Waals surface area contributed by atoms with Gasteiger partial charge in [-0.15, -0.1) is 11.3 Å². The molecule has 0 radical (unpaired) electrons. The quantitative estimate of drug-likeness (QED) is 0.405. The highest BCUT2D eigenvalue weighted by Crippen LogP contribution is 2.37. The van der Waals surface area contributed by atoms with Crippen molar-refractivity contribution in [2.45, 2.75) is 6.92 Å². The van der Waals surface area contributed by atoms with Crippen molar-refractivity contribution in [3.63, 3.8) is 0 Å². The molecule has 0 aliphatic rings. The molecule has 2 amide bonds. The van der Waals surface area contributed by atoms with Crippen LogP contribution in [0.5, 0.6) is 0 Å². The van der Waals surface area contributed by atoms with Gasteiger partial charge in [-0.25, -0.2) is 14.2 Å². The van der Waals surface area contributed by atoms with E-state index in [9.17, 15) is 9.18 Å². The van der Waals surface area contributed by atoms with E-state index in [1.165, 1.54) is 12.1 Å². The minimum atomic E-state index is -0.301. The van der Waals surface area contributed by atoms with Crippen molar-refractivity contribution in [1.29, 1.82) is 0 Å². The smallest absolute Gasteiger partial charge is 0.308 e. The summed E-state index contributed by atoms with van der Waals surface area (Å²) in [4.78, 5) is 17.8. The van der Waals surface area contributed by atoms with E-state index < -0.39 is 0 Å². The Labute approximate surface area is 172 Å². The van der Waals surface area contributed by atoms with Crippen LogP contribution in [0.15, 0.2) is 78.9 Å². The highest BCUT2D eigenvalue weighted by molar-refractivity contribution is 7.15. The van der Waals surface area contributed by atoms with Crippen LogP contribution in [0.3, 0.4) is 0 Å². The summed E-state index contributed by atoms with van der Waals surface area (Å²) < 4.78 is 13.3. The third kappa shape index (κ3) is 4.50. The van der Waals surface area contributed by atoms with Gasteiger partial charge in [-0.05, 0) is 61.0 Å². The number of urea groups is 1. The molecule has 0 aliphatic carbocycles. The van der Waals surface area contributed by atoms with Gasteiger partial charge in [-0.3, -0.25) is 0 Å². The average molecular weight is 403 g/mol. The molecule has 3 aromatic carbocycles. The fraction of sp³-hybridized carbons (Fsp3) is 0.0435. The number of nitrogens with one attached hydrogen (secondary N) is 2. The molecule has 4 rings (SSSR count). The minimum absolute atomic E-state index is 0.272.